The highest BCUT2D eigenvalue weighted by Crippen LogP contribution is 2.28. The van der Waals surface area contributed by atoms with Crippen LogP contribution in [0.5, 0.6) is 5.75 Å². The van der Waals surface area contributed by atoms with Crippen LogP contribution in [-0.4, -0.2) is 21.6 Å². The third-order valence-corrected chi connectivity index (χ3v) is 5.57. The van der Waals surface area contributed by atoms with Gasteiger partial charge in [0.25, 0.3) is 5.82 Å². The quantitative estimate of drug-likeness (QED) is 0.438. The molecule has 7 heteroatoms. The Morgan fingerprint density at radius 2 is 1.86 bits per heavy atom. The van der Waals surface area contributed by atoms with Gasteiger partial charge in [0.1, 0.15) is 6.20 Å². The SMILES string of the molecule is COc1ccccc1-[n+]1cc(-c2ccc3[nH]c(=O)[nH]c3c2)n2c1CCCCC2.[Br-]. The Morgan fingerprint density at radius 1 is 1.03 bits per heavy atom. The summed E-state index contributed by atoms with van der Waals surface area (Å²) in [7, 11) is 1.71. The fraction of sp³-hybridized carbons (Fsp3) is 0.273. The van der Waals surface area contributed by atoms with Crippen molar-refractivity contribution < 1.29 is 26.3 Å². The molecule has 4 aromatic rings. The molecular weight excluding hydrogens is 432 g/mol. The number of ether oxygens (including phenoxy) is 1. The zero-order valence-electron chi connectivity index (χ0n) is 16.2. The molecule has 1 aliphatic heterocycles. The number of nitrogens with one attached hydrogen (secondary N) is 2. The molecular formula is C22H23BrN4O2. The second-order valence-electron chi connectivity index (χ2n) is 7.27. The van der Waals surface area contributed by atoms with Crippen LogP contribution >= 0.6 is 0 Å². The van der Waals surface area contributed by atoms with Crippen LogP contribution < -0.4 is 32.0 Å². The maximum absolute atomic E-state index is 11.6. The third-order valence-electron chi connectivity index (χ3n) is 5.57. The van der Waals surface area contributed by atoms with Crippen LogP contribution in [0.2, 0.25) is 0 Å². The highest BCUT2D eigenvalue weighted by atomic mass is 79.9. The molecule has 150 valence electrons. The Balaban J connectivity index is 0.00000205. The minimum atomic E-state index is -0.176. The third kappa shape index (κ3) is 3.40. The predicted octanol–water partition coefficient (Wildman–Crippen LogP) is 0.340. The van der Waals surface area contributed by atoms with E-state index in [0.717, 1.165) is 46.7 Å². The largest absolute Gasteiger partial charge is 1.00 e. The summed E-state index contributed by atoms with van der Waals surface area (Å²) in [5, 5.41) is 0. The van der Waals surface area contributed by atoms with Crippen molar-refractivity contribution in [3.63, 3.8) is 0 Å². The van der Waals surface area contributed by atoms with E-state index in [4.69, 9.17) is 4.74 Å². The van der Waals surface area contributed by atoms with Gasteiger partial charge < -0.3 is 31.7 Å². The molecule has 6 nitrogen and oxygen atoms in total. The molecule has 2 aromatic heterocycles. The van der Waals surface area contributed by atoms with Crippen molar-refractivity contribution in [1.82, 2.24) is 14.5 Å². The number of hydrogen-bond acceptors (Lipinski definition) is 2. The summed E-state index contributed by atoms with van der Waals surface area (Å²) < 4.78 is 10.3. The monoisotopic (exact) mass is 454 g/mol. The molecule has 2 aromatic carbocycles. The number of aromatic nitrogens is 4. The summed E-state index contributed by atoms with van der Waals surface area (Å²) in [6.45, 7) is 0.995. The van der Waals surface area contributed by atoms with Gasteiger partial charge in [0, 0.05) is 12.0 Å². The molecule has 0 unspecified atom stereocenters. The maximum atomic E-state index is 11.6. The zero-order chi connectivity index (χ0) is 19.1. The number of nitrogens with zero attached hydrogens (tertiary/aromatic N) is 2. The van der Waals surface area contributed by atoms with Crippen molar-refractivity contribution in [1.29, 1.82) is 0 Å². The van der Waals surface area contributed by atoms with Gasteiger partial charge in [0.05, 0.1) is 24.7 Å². The van der Waals surface area contributed by atoms with Crippen molar-refractivity contribution in [2.45, 2.75) is 32.2 Å². The number of rotatable bonds is 3. The second-order valence-corrected chi connectivity index (χ2v) is 7.27. The normalized spacial score (nSPS) is 13.6. The zero-order valence-corrected chi connectivity index (χ0v) is 17.8. The molecule has 5 rings (SSSR count). The molecule has 0 saturated heterocycles. The van der Waals surface area contributed by atoms with Crippen LogP contribution in [-0.2, 0) is 13.0 Å². The van der Waals surface area contributed by atoms with E-state index >= 15 is 0 Å². The molecule has 0 atom stereocenters. The lowest BCUT2D eigenvalue weighted by molar-refractivity contribution is -0.604. The van der Waals surface area contributed by atoms with Gasteiger partial charge in [0.2, 0.25) is 0 Å². The number of fused-ring (bicyclic) bond motifs is 2. The molecule has 0 fully saturated rings. The van der Waals surface area contributed by atoms with E-state index in [-0.39, 0.29) is 22.7 Å². The Labute approximate surface area is 178 Å². The fourth-order valence-corrected chi connectivity index (χ4v) is 4.23. The summed E-state index contributed by atoms with van der Waals surface area (Å²) >= 11 is 0. The van der Waals surface area contributed by atoms with Crippen molar-refractivity contribution in [2.75, 3.05) is 7.11 Å². The Hall–Kier alpha value is -2.80. The minimum Gasteiger partial charge on any atom is -1.00 e. The molecule has 1 aliphatic rings. The summed E-state index contributed by atoms with van der Waals surface area (Å²) in [5.74, 6) is 2.15. The first-order valence-electron chi connectivity index (χ1n) is 9.74. The predicted molar refractivity (Wildman–Crippen MR) is 108 cm³/mol. The van der Waals surface area contributed by atoms with Gasteiger partial charge in [-0.2, -0.15) is 4.57 Å². The number of methoxy groups -OCH3 is 1. The first-order chi connectivity index (χ1) is 13.7. The van der Waals surface area contributed by atoms with Gasteiger partial charge in [0.15, 0.2) is 17.1 Å². The Morgan fingerprint density at radius 3 is 2.72 bits per heavy atom. The molecule has 0 aliphatic carbocycles. The summed E-state index contributed by atoms with van der Waals surface area (Å²) in [6, 6.07) is 14.2. The fourth-order valence-electron chi connectivity index (χ4n) is 4.23. The first-order valence-corrected chi connectivity index (χ1v) is 9.74. The number of H-pyrrole nitrogens is 2. The van der Waals surface area contributed by atoms with Gasteiger partial charge in [-0.25, -0.2) is 9.36 Å². The Kier molecular flexibility index (Phi) is 5.32. The van der Waals surface area contributed by atoms with Crippen LogP contribution in [0.4, 0.5) is 0 Å². The van der Waals surface area contributed by atoms with E-state index in [1.165, 1.54) is 25.1 Å². The maximum Gasteiger partial charge on any atom is 0.323 e. The van der Waals surface area contributed by atoms with Crippen LogP contribution in [0.3, 0.4) is 0 Å². The van der Waals surface area contributed by atoms with Gasteiger partial charge in [-0.1, -0.05) is 12.1 Å². The lowest BCUT2D eigenvalue weighted by Gasteiger charge is -2.06. The second kappa shape index (κ2) is 7.91. The van der Waals surface area contributed by atoms with Crippen LogP contribution in [0.25, 0.3) is 28.0 Å². The molecule has 0 saturated carbocycles. The molecule has 0 spiro atoms. The first kappa shape index (κ1) is 19.5. The minimum absolute atomic E-state index is 0. The average Bonchev–Trinajstić information content (AvgIpc) is 3.17. The topological polar surface area (TPSA) is 66.7 Å². The summed E-state index contributed by atoms with van der Waals surface area (Å²) in [5.41, 5.74) is 4.79. The molecule has 0 amide bonds. The van der Waals surface area contributed by atoms with Gasteiger partial charge in [-0.05, 0) is 49.6 Å². The molecule has 29 heavy (non-hydrogen) atoms. The van der Waals surface area contributed by atoms with E-state index in [0.29, 0.717) is 0 Å². The van der Waals surface area contributed by atoms with Gasteiger partial charge in [-0.3, -0.25) is 0 Å². The highest BCUT2D eigenvalue weighted by Gasteiger charge is 2.28. The molecule has 0 radical (unpaired) electrons. The number of aromatic amines is 2. The lowest BCUT2D eigenvalue weighted by atomic mass is 10.1. The van der Waals surface area contributed by atoms with Crippen molar-refractivity contribution in [3.8, 4) is 22.7 Å². The summed E-state index contributed by atoms with van der Waals surface area (Å²) in [6.07, 6.45) is 6.82. The summed E-state index contributed by atoms with van der Waals surface area (Å²) in [4.78, 5) is 17.3. The smallest absolute Gasteiger partial charge is 0.323 e. The standard InChI is InChI=1S/C22H22N4O2.BrH/c1-28-20-8-5-4-7-18(20)26-14-19(25-12-6-2-3-9-21(25)26)15-10-11-16-17(13-15)24-22(27)23-16;/h4-5,7-8,10-11,13-14H,2-3,6,9,12H2,1H3,(H-,23,24,27);1H. The lowest BCUT2D eigenvalue weighted by Crippen LogP contribution is -3.00. The van der Waals surface area contributed by atoms with Crippen molar-refractivity contribution >= 4 is 11.0 Å². The number of imidazole rings is 2. The molecule has 0 bridgehead atoms. The van der Waals surface area contributed by atoms with Crippen LogP contribution in [0.1, 0.15) is 25.1 Å². The molecule has 2 N–H and O–H groups in total. The highest BCUT2D eigenvalue weighted by molar-refractivity contribution is 5.80. The number of hydrogen-bond donors (Lipinski definition) is 2. The van der Waals surface area contributed by atoms with E-state index in [2.05, 4.69) is 37.4 Å². The van der Waals surface area contributed by atoms with Gasteiger partial charge >= 0.3 is 5.69 Å². The van der Waals surface area contributed by atoms with Gasteiger partial charge in [-0.15, -0.1) is 0 Å². The van der Waals surface area contributed by atoms with E-state index < -0.39 is 0 Å². The van der Waals surface area contributed by atoms with Crippen LogP contribution in [0, 0.1) is 0 Å². The van der Waals surface area contributed by atoms with E-state index in [1.807, 2.05) is 30.3 Å². The number of para-hydroxylation sites is 2. The average molecular weight is 455 g/mol. The Bertz CT molecular complexity index is 1220. The van der Waals surface area contributed by atoms with Crippen molar-refractivity contribution in [2.24, 2.45) is 0 Å². The van der Waals surface area contributed by atoms with E-state index in [1.54, 1.807) is 7.11 Å². The van der Waals surface area contributed by atoms with Crippen LogP contribution in [0.15, 0.2) is 53.5 Å². The molecule has 3 heterocycles. The van der Waals surface area contributed by atoms with Crippen molar-refractivity contribution in [3.05, 3.63) is 65.0 Å². The number of benzene rings is 2. The number of halogens is 1. The van der Waals surface area contributed by atoms with E-state index in [9.17, 15) is 4.79 Å².